The van der Waals surface area contributed by atoms with Crippen molar-refractivity contribution in [3.63, 3.8) is 0 Å². The van der Waals surface area contributed by atoms with E-state index in [2.05, 4.69) is 33.3 Å². The molecule has 1 rings (SSSR count). The number of benzene rings is 1. The summed E-state index contributed by atoms with van der Waals surface area (Å²) in [6.07, 6.45) is 4.42. The number of hydrogen-bond donors (Lipinski definition) is 0. The smallest absolute Gasteiger partial charge is 0.134 e. The highest BCUT2D eigenvalue weighted by Gasteiger charge is 2.29. The molecule has 0 atom stereocenters. The van der Waals surface area contributed by atoms with Gasteiger partial charge in [-0.2, -0.15) is 0 Å². The van der Waals surface area contributed by atoms with Crippen molar-refractivity contribution in [3.05, 3.63) is 30.3 Å². The molecular formula is C12H20OS. The second-order valence-corrected chi connectivity index (χ2v) is 8.60. The molecule has 1 aromatic rings. The summed E-state index contributed by atoms with van der Waals surface area (Å²) < 4.78 is 6.26. The van der Waals surface area contributed by atoms with Crippen LogP contribution in [0.4, 0.5) is 0 Å². The Balaban J connectivity index is 2.79. The van der Waals surface area contributed by atoms with Gasteiger partial charge in [0, 0.05) is 4.75 Å². The van der Waals surface area contributed by atoms with Crippen molar-refractivity contribution >= 4 is 10.3 Å². The van der Waals surface area contributed by atoms with Crippen LogP contribution in [0, 0.1) is 0 Å². The molecule has 0 saturated heterocycles. The van der Waals surface area contributed by atoms with Crippen LogP contribution in [0.15, 0.2) is 30.3 Å². The predicted octanol–water partition coefficient (Wildman–Crippen LogP) is 3.84. The van der Waals surface area contributed by atoms with Gasteiger partial charge in [0.15, 0.2) is 0 Å². The lowest BCUT2D eigenvalue weighted by Crippen LogP contribution is -2.27. The molecule has 0 radical (unpaired) electrons. The minimum Gasteiger partial charge on any atom is -0.449 e. The van der Waals surface area contributed by atoms with Crippen molar-refractivity contribution < 1.29 is 4.18 Å². The zero-order valence-corrected chi connectivity index (χ0v) is 10.5. The molecule has 80 valence electrons. The van der Waals surface area contributed by atoms with Gasteiger partial charge in [-0.3, -0.25) is 0 Å². The topological polar surface area (TPSA) is 9.23 Å². The van der Waals surface area contributed by atoms with Crippen LogP contribution < -0.4 is 4.18 Å². The van der Waals surface area contributed by atoms with Crippen molar-refractivity contribution in [2.45, 2.75) is 25.5 Å². The van der Waals surface area contributed by atoms with E-state index in [9.17, 15) is 0 Å². The third kappa shape index (κ3) is 2.68. The molecule has 0 N–H and O–H groups in total. The molecule has 0 saturated carbocycles. The molecule has 0 amide bonds. The van der Waals surface area contributed by atoms with Crippen LogP contribution in [-0.4, -0.2) is 17.3 Å². The van der Waals surface area contributed by atoms with Crippen molar-refractivity contribution in [2.24, 2.45) is 0 Å². The van der Waals surface area contributed by atoms with E-state index in [0.29, 0.717) is 0 Å². The van der Waals surface area contributed by atoms with E-state index in [-0.39, 0.29) is 4.75 Å². The maximum atomic E-state index is 6.05. The number of para-hydroxylation sites is 1. The highest BCUT2D eigenvalue weighted by molar-refractivity contribution is 8.30. The molecule has 0 heterocycles. The Morgan fingerprint density at radius 2 is 1.50 bits per heavy atom. The normalized spacial score (nSPS) is 13.8. The molecule has 0 spiro atoms. The Morgan fingerprint density at radius 3 is 1.93 bits per heavy atom. The predicted molar refractivity (Wildman–Crippen MR) is 66.3 cm³/mol. The summed E-state index contributed by atoms with van der Waals surface area (Å²) in [5.74, 6) is 0.974. The van der Waals surface area contributed by atoms with Gasteiger partial charge in [-0.05, 0) is 45.4 Å². The minimum atomic E-state index is -1.05. The summed E-state index contributed by atoms with van der Waals surface area (Å²) >= 11 is 0. The fourth-order valence-corrected chi connectivity index (χ4v) is 1.68. The van der Waals surface area contributed by atoms with E-state index in [4.69, 9.17) is 4.18 Å². The van der Waals surface area contributed by atoms with Crippen LogP contribution in [0.2, 0.25) is 0 Å². The van der Waals surface area contributed by atoms with Crippen molar-refractivity contribution in [3.8, 4) is 5.75 Å². The van der Waals surface area contributed by atoms with Crippen LogP contribution >= 0.6 is 10.3 Å². The fraction of sp³-hybridized carbons (Fsp3) is 0.500. The van der Waals surface area contributed by atoms with Gasteiger partial charge in [-0.25, -0.2) is 0 Å². The molecule has 0 bridgehead atoms. The molecule has 0 fully saturated rings. The molecule has 0 unspecified atom stereocenters. The summed E-state index contributed by atoms with van der Waals surface area (Å²) in [5.41, 5.74) is 0. The van der Waals surface area contributed by atoms with E-state index in [1.54, 1.807) is 0 Å². The standard InChI is InChI=1S/C12H20OS/c1-12(2,3)14(4,5)13-11-9-7-6-8-10-11/h6-10H,1-5H3. The quantitative estimate of drug-likeness (QED) is 0.723. The SMILES string of the molecule is CC(C)(C)S(C)(C)Oc1ccccc1. The number of hydrogen-bond acceptors (Lipinski definition) is 1. The van der Waals surface area contributed by atoms with E-state index < -0.39 is 10.3 Å². The lowest BCUT2D eigenvalue weighted by molar-refractivity contribution is 0.587. The van der Waals surface area contributed by atoms with Gasteiger partial charge in [0.2, 0.25) is 0 Å². The molecule has 14 heavy (non-hydrogen) atoms. The third-order valence-corrected chi connectivity index (χ3v) is 6.08. The maximum absolute atomic E-state index is 6.05. The van der Waals surface area contributed by atoms with E-state index in [1.807, 2.05) is 30.3 Å². The zero-order valence-electron chi connectivity index (χ0n) is 9.70. The first kappa shape index (κ1) is 11.4. The average Bonchev–Trinajstić information content (AvgIpc) is 2.03. The van der Waals surface area contributed by atoms with Crippen LogP contribution in [-0.2, 0) is 0 Å². The Bertz CT molecular complexity index is 285. The highest BCUT2D eigenvalue weighted by atomic mass is 32.3. The Hall–Kier alpha value is -0.630. The summed E-state index contributed by atoms with van der Waals surface area (Å²) in [7, 11) is -1.05. The van der Waals surface area contributed by atoms with E-state index >= 15 is 0 Å². The number of rotatable bonds is 2. The van der Waals surface area contributed by atoms with Gasteiger partial charge in [0.25, 0.3) is 0 Å². The van der Waals surface area contributed by atoms with Gasteiger partial charge in [-0.1, -0.05) is 28.5 Å². The van der Waals surface area contributed by atoms with Gasteiger partial charge >= 0.3 is 0 Å². The second-order valence-electron chi connectivity index (χ2n) is 4.74. The van der Waals surface area contributed by atoms with Crippen molar-refractivity contribution in [1.82, 2.24) is 0 Å². The molecule has 0 aliphatic carbocycles. The largest absolute Gasteiger partial charge is 0.449 e. The van der Waals surface area contributed by atoms with Crippen molar-refractivity contribution in [2.75, 3.05) is 12.5 Å². The third-order valence-electron chi connectivity index (χ3n) is 2.52. The van der Waals surface area contributed by atoms with E-state index in [1.165, 1.54) is 0 Å². The van der Waals surface area contributed by atoms with Gasteiger partial charge in [-0.15, -0.1) is 0 Å². The Kier molecular flexibility index (Phi) is 3.15. The van der Waals surface area contributed by atoms with Gasteiger partial charge in [0.05, 0.1) is 0 Å². The summed E-state index contributed by atoms with van der Waals surface area (Å²) in [5, 5.41) is 0. The van der Waals surface area contributed by atoms with Crippen LogP contribution in [0.3, 0.4) is 0 Å². The van der Waals surface area contributed by atoms with E-state index in [0.717, 1.165) is 5.75 Å². The summed E-state index contributed by atoms with van der Waals surface area (Å²) in [4.78, 5) is 0. The molecular weight excluding hydrogens is 192 g/mol. The molecule has 0 aromatic heterocycles. The maximum Gasteiger partial charge on any atom is 0.134 e. The Morgan fingerprint density at radius 1 is 1.00 bits per heavy atom. The summed E-state index contributed by atoms with van der Waals surface area (Å²) in [6, 6.07) is 10.0. The first-order chi connectivity index (χ1) is 6.33. The fourth-order valence-electron chi connectivity index (χ4n) is 0.842. The van der Waals surface area contributed by atoms with Crippen LogP contribution in [0.25, 0.3) is 0 Å². The second kappa shape index (κ2) is 3.85. The van der Waals surface area contributed by atoms with Crippen LogP contribution in [0.5, 0.6) is 5.75 Å². The molecule has 0 aliphatic heterocycles. The molecule has 2 heteroatoms. The van der Waals surface area contributed by atoms with Gasteiger partial charge in [0.1, 0.15) is 5.75 Å². The minimum absolute atomic E-state index is 0.211. The molecule has 0 aliphatic rings. The average molecular weight is 212 g/mol. The van der Waals surface area contributed by atoms with Crippen molar-refractivity contribution in [1.29, 1.82) is 0 Å². The first-order valence-electron chi connectivity index (χ1n) is 4.80. The summed E-state index contributed by atoms with van der Waals surface area (Å²) in [6.45, 7) is 6.68. The highest BCUT2D eigenvalue weighted by Crippen LogP contribution is 2.53. The molecule has 1 nitrogen and oxygen atoms in total. The van der Waals surface area contributed by atoms with Crippen LogP contribution in [0.1, 0.15) is 20.8 Å². The first-order valence-corrected chi connectivity index (χ1v) is 7.18. The molecule has 1 aromatic carbocycles. The Labute approximate surface area is 89.0 Å². The van der Waals surface area contributed by atoms with Gasteiger partial charge < -0.3 is 4.18 Å². The lowest BCUT2D eigenvalue weighted by Gasteiger charge is -2.43. The lowest BCUT2D eigenvalue weighted by atomic mass is 10.3. The monoisotopic (exact) mass is 212 g/mol. The zero-order chi connectivity index (χ0) is 10.8.